The highest BCUT2D eigenvalue weighted by Gasteiger charge is 2.46. The molecule has 0 bridgehead atoms. The molecule has 5 atom stereocenters. The largest absolute Gasteiger partial charge is 0.418 e. The number of aromatic amines is 1. The molecule has 0 fully saturated rings. The second-order valence-corrected chi connectivity index (χ2v) is 15.2. The second-order valence-electron chi connectivity index (χ2n) is 14.8. The summed E-state index contributed by atoms with van der Waals surface area (Å²) in [5.74, 6) is -3.07. The number of para-hydroxylation sites is 1. The van der Waals surface area contributed by atoms with Crippen LogP contribution < -0.4 is 10.6 Å². The number of benzene rings is 2. The van der Waals surface area contributed by atoms with E-state index in [0.717, 1.165) is 18.1 Å². The summed E-state index contributed by atoms with van der Waals surface area (Å²) in [5, 5.41) is 6.76. The Labute approximate surface area is 319 Å². The van der Waals surface area contributed by atoms with Crippen LogP contribution >= 0.6 is 12.2 Å². The van der Waals surface area contributed by atoms with Crippen LogP contribution in [-0.2, 0) is 46.4 Å². The average Bonchev–Trinajstić information content (AvgIpc) is 3.52. The van der Waals surface area contributed by atoms with Crippen molar-refractivity contribution in [1.82, 2.24) is 20.6 Å². The zero-order valence-electron chi connectivity index (χ0n) is 31.1. The highest BCUT2D eigenvalue weighted by Crippen LogP contribution is 2.41. The van der Waals surface area contributed by atoms with E-state index < -0.39 is 34.9 Å². The fourth-order valence-electron chi connectivity index (χ4n) is 7.51. The van der Waals surface area contributed by atoms with Gasteiger partial charge in [-0.1, -0.05) is 83.1 Å². The van der Waals surface area contributed by atoms with Crippen LogP contribution in [0.5, 0.6) is 0 Å². The van der Waals surface area contributed by atoms with Gasteiger partial charge in [0.05, 0.1) is 16.1 Å². The standard InChI is InChI=1S/C42H48F4N4O3S/c1-5-25(3)31(21-29(51)20-28-10-7-8-13-35(28)43)39(53)50-41(17-14-36-33(23-41)30-11-9-12-34(38(30)49-36)42(44,45)46)37(52)22-32(26(4)6-2)40(54)48-24-27-15-18-47-19-16-27/h7-13,15-16,18-19,25-26,31-32,49H,5-6,14,17,20-24H2,1-4H3,(H,48,54)(H,50,53)/t25?,26?,31-,32-,41+/m0/s1. The zero-order valence-corrected chi connectivity index (χ0v) is 31.9. The molecule has 0 aliphatic heterocycles. The number of rotatable bonds is 16. The number of carbonyl (C=O) groups excluding carboxylic acids is 3. The van der Waals surface area contributed by atoms with E-state index in [1.807, 2.05) is 39.8 Å². The summed E-state index contributed by atoms with van der Waals surface area (Å²) in [6.45, 7) is 8.22. The van der Waals surface area contributed by atoms with E-state index in [1.165, 1.54) is 24.3 Å². The minimum Gasteiger partial charge on any atom is -0.375 e. The van der Waals surface area contributed by atoms with Crippen LogP contribution in [0.3, 0.4) is 0 Å². The lowest BCUT2D eigenvalue weighted by Crippen LogP contribution is -2.60. The third-order valence-corrected chi connectivity index (χ3v) is 11.7. The summed E-state index contributed by atoms with van der Waals surface area (Å²) in [6, 6.07) is 13.7. The molecule has 2 aromatic heterocycles. The maximum Gasteiger partial charge on any atom is 0.418 e. The summed E-state index contributed by atoms with van der Waals surface area (Å²) >= 11 is 5.88. The van der Waals surface area contributed by atoms with E-state index in [4.69, 9.17) is 12.2 Å². The number of aryl methyl sites for hydroxylation is 1. The molecule has 0 saturated carbocycles. The van der Waals surface area contributed by atoms with Crippen LogP contribution in [-0.4, -0.2) is 38.0 Å². The fourth-order valence-corrected chi connectivity index (χ4v) is 7.90. The Morgan fingerprint density at radius 3 is 2.30 bits per heavy atom. The summed E-state index contributed by atoms with van der Waals surface area (Å²) in [4.78, 5) is 50.3. The number of pyridine rings is 1. The number of hydrogen-bond donors (Lipinski definition) is 3. The highest BCUT2D eigenvalue weighted by atomic mass is 32.1. The Bertz CT molecular complexity index is 1980. The number of nitrogens with one attached hydrogen (secondary N) is 3. The van der Waals surface area contributed by atoms with E-state index >= 15 is 0 Å². The van der Waals surface area contributed by atoms with Crippen molar-refractivity contribution in [2.75, 3.05) is 0 Å². The number of carbonyl (C=O) groups is 3. The number of halogens is 4. The van der Waals surface area contributed by atoms with Gasteiger partial charge < -0.3 is 15.6 Å². The molecule has 1 aliphatic rings. The molecule has 0 radical (unpaired) electrons. The first-order chi connectivity index (χ1) is 25.7. The van der Waals surface area contributed by atoms with Gasteiger partial charge in [-0.15, -0.1) is 0 Å². The minimum absolute atomic E-state index is 0.00964. The van der Waals surface area contributed by atoms with Gasteiger partial charge in [0, 0.05) is 67.5 Å². The SMILES string of the molecule is CCC(C)[C@H](CC(=O)Cc1ccccc1F)C(=O)N[C@]1(C(=O)C[C@H](C(=S)NCc2ccncc2)C(C)CC)CCc2[nH]c3c(C(F)(F)F)cccc3c2C1. The summed E-state index contributed by atoms with van der Waals surface area (Å²) in [6.07, 6.45) is 0.0141. The van der Waals surface area contributed by atoms with Gasteiger partial charge in [0.15, 0.2) is 5.78 Å². The van der Waals surface area contributed by atoms with Gasteiger partial charge in [-0.2, -0.15) is 13.2 Å². The summed E-state index contributed by atoms with van der Waals surface area (Å²) < 4.78 is 56.7. The topological polar surface area (TPSA) is 104 Å². The van der Waals surface area contributed by atoms with Gasteiger partial charge in [0.2, 0.25) is 5.91 Å². The van der Waals surface area contributed by atoms with E-state index in [0.29, 0.717) is 34.6 Å². The Hall–Kier alpha value is -4.45. The quantitative estimate of drug-likeness (QED) is 0.0780. The number of H-pyrrole nitrogens is 1. The number of Topliss-reactive ketones (excluding diaryl/α,β-unsaturated/α-hetero) is 2. The lowest BCUT2D eigenvalue weighted by Gasteiger charge is -2.40. The van der Waals surface area contributed by atoms with Gasteiger partial charge >= 0.3 is 6.18 Å². The van der Waals surface area contributed by atoms with Crippen molar-refractivity contribution in [2.45, 2.75) is 97.3 Å². The van der Waals surface area contributed by atoms with Crippen molar-refractivity contribution in [2.24, 2.45) is 23.7 Å². The lowest BCUT2D eigenvalue weighted by molar-refractivity contribution is -0.137. The number of alkyl halides is 3. The van der Waals surface area contributed by atoms with Gasteiger partial charge in [-0.25, -0.2) is 4.39 Å². The molecule has 7 nitrogen and oxygen atoms in total. The molecule has 0 spiro atoms. The smallest absolute Gasteiger partial charge is 0.375 e. The van der Waals surface area contributed by atoms with E-state index in [1.54, 1.807) is 24.5 Å². The third kappa shape index (κ3) is 9.25. The average molecular weight is 765 g/mol. The molecule has 2 aromatic carbocycles. The number of hydrogen-bond acceptors (Lipinski definition) is 5. The Balaban J connectivity index is 1.49. The summed E-state index contributed by atoms with van der Waals surface area (Å²) in [7, 11) is 0. The maximum absolute atomic E-state index is 14.9. The molecular formula is C42H48F4N4O3S. The number of aromatic nitrogens is 2. The fraction of sp³-hybridized carbons (Fsp3) is 0.452. The molecule has 2 heterocycles. The third-order valence-electron chi connectivity index (χ3n) is 11.3. The predicted octanol–water partition coefficient (Wildman–Crippen LogP) is 8.67. The van der Waals surface area contributed by atoms with E-state index in [9.17, 15) is 31.9 Å². The molecule has 1 aliphatic carbocycles. The van der Waals surface area contributed by atoms with Gasteiger partial charge in [-0.3, -0.25) is 19.4 Å². The molecule has 54 heavy (non-hydrogen) atoms. The number of amides is 1. The predicted molar refractivity (Wildman–Crippen MR) is 205 cm³/mol. The van der Waals surface area contributed by atoms with Crippen LogP contribution in [0.15, 0.2) is 67.0 Å². The molecule has 4 aromatic rings. The van der Waals surface area contributed by atoms with Gasteiger partial charge in [0.25, 0.3) is 0 Å². The van der Waals surface area contributed by atoms with Crippen molar-refractivity contribution in [3.05, 3.63) is 101 Å². The van der Waals surface area contributed by atoms with Crippen molar-refractivity contribution in [3.8, 4) is 0 Å². The lowest BCUT2D eigenvalue weighted by atomic mass is 9.72. The molecule has 5 rings (SSSR count). The highest BCUT2D eigenvalue weighted by molar-refractivity contribution is 7.80. The molecule has 288 valence electrons. The number of thiocarbonyl (C=S) groups is 1. The first kappa shape index (κ1) is 40.7. The Morgan fingerprint density at radius 1 is 0.944 bits per heavy atom. The van der Waals surface area contributed by atoms with Crippen LogP contribution in [0.2, 0.25) is 0 Å². The molecule has 3 N–H and O–H groups in total. The number of nitrogens with zero attached hydrogens (tertiary/aromatic N) is 1. The van der Waals surface area contributed by atoms with Crippen LogP contribution in [0, 0.1) is 29.5 Å². The van der Waals surface area contributed by atoms with E-state index in [2.05, 4.69) is 20.6 Å². The van der Waals surface area contributed by atoms with Crippen molar-refractivity contribution < 1.29 is 31.9 Å². The molecule has 0 saturated heterocycles. The number of ketones is 2. The second kappa shape index (κ2) is 17.3. The van der Waals surface area contributed by atoms with Crippen molar-refractivity contribution in [3.63, 3.8) is 0 Å². The van der Waals surface area contributed by atoms with Crippen LogP contribution in [0.1, 0.15) is 87.7 Å². The van der Waals surface area contributed by atoms with Gasteiger partial charge in [-0.05, 0) is 65.6 Å². The maximum atomic E-state index is 14.9. The summed E-state index contributed by atoms with van der Waals surface area (Å²) in [5.41, 5.74) is -0.0122. The molecule has 2 unspecified atom stereocenters. The Kier molecular flexibility index (Phi) is 13.1. The van der Waals surface area contributed by atoms with Crippen molar-refractivity contribution >= 4 is 45.6 Å². The van der Waals surface area contributed by atoms with Crippen molar-refractivity contribution in [1.29, 1.82) is 0 Å². The van der Waals surface area contributed by atoms with E-state index in [-0.39, 0.29) is 78.9 Å². The van der Waals surface area contributed by atoms with Crippen LogP contribution in [0.4, 0.5) is 17.6 Å². The Morgan fingerprint density at radius 2 is 1.63 bits per heavy atom. The monoisotopic (exact) mass is 764 g/mol. The first-order valence-corrected chi connectivity index (χ1v) is 19.0. The zero-order chi connectivity index (χ0) is 39.2. The first-order valence-electron chi connectivity index (χ1n) is 18.6. The van der Waals surface area contributed by atoms with Crippen LogP contribution in [0.25, 0.3) is 10.9 Å². The molecular weight excluding hydrogens is 717 g/mol. The molecule has 1 amide bonds. The normalized spacial score (nSPS) is 17.9. The minimum atomic E-state index is -4.60. The van der Waals surface area contributed by atoms with Gasteiger partial charge in [0.1, 0.15) is 17.1 Å². The molecule has 12 heteroatoms. The number of fused-ring (bicyclic) bond motifs is 3.